The predicted octanol–water partition coefficient (Wildman–Crippen LogP) is 2.05. The van der Waals surface area contributed by atoms with E-state index in [0.717, 1.165) is 18.7 Å². The van der Waals surface area contributed by atoms with Crippen molar-refractivity contribution in [1.29, 1.82) is 0 Å². The molecule has 2 aliphatic heterocycles. The molecule has 7 heteroatoms. The molecule has 2 fully saturated rings. The summed E-state index contributed by atoms with van der Waals surface area (Å²) < 4.78 is 5.16. The minimum atomic E-state index is 0.0918. The average molecular weight is 367 g/mol. The number of anilines is 2. The highest BCUT2D eigenvalue weighted by Gasteiger charge is 2.24. The number of benzene rings is 1. The van der Waals surface area contributed by atoms with Gasteiger partial charge in [-0.25, -0.2) is 4.98 Å². The highest BCUT2D eigenvalue weighted by atomic mass is 16.5. The number of piperazine rings is 1. The van der Waals surface area contributed by atoms with Crippen molar-refractivity contribution in [3.8, 4) is 5.88 Å². The summed E-state index contributed by atoms with van der Waals surface area (Å²) in [7, 11) is 1.59. The van der Waals surface area contributed by atoms with Crippen LogP contribution in [0.5, 0.6) is 5.88 Å². The van der Waals surface area contributed by atoms with Crippen molar-refractivity contribution in [2.75, 3.05) is 56.2 Å². The Kier molecular flexibility index (Phi) is 5.09. The number of aromatic nitrogens is 2. The fourth-order valence-electron chi connectivity index (χ4n) is 3.68. The summed E-state index contributed by atoms with van der Waals surface area (Å²) in [5, 5.41) is 0. The number of amides is 1. The molecule has 1 aromatic carbocycles. The van der Waals surface area contributed by atoms with Crippen molar-refractivity contribution in [2.45, 2.75) is 12.8 Å². The molecule has 2 aromatic rings. The molecular weight excluding hydrogens is 342 g/mol. The maximum Gasteiger partial charge on any atom is 0.253 e. The van der Waals surface area contributed by atoms with E-state index in [1.54, 1.807) is 19.4 Å². The number of rotatable bonds is 4. The van der Waals surface area contributed by atoms with E-state index in [9.17, 15) is 4.79 Å². The van der Waals surface area contributed by atoms with Gasteiger partial charge in [0.2, 0.25) is 11.8 Å². The fourth-order valence-corrected chi connectivity index (χ4v) is 3.68. The molecule has 0 bridgehead atoms. The van der Waals surface area contributed by atoms with Crippen LogP contribution in [0.15, 0.2) is 36.5 Å². The fraction of sp³-hybridized carbons (Fsp3) is 0.450. The lowest BCUT2D eigenvalue weighted by Gasteiger charge is -2.34. The van der Waals surface area contributed by atoms with Crippen molar-refractivity contribution in [2.24, 2.45) is 0 Å². The van der Waals surface area contributed by atoms with Crippen LogP contribution < -0.4 is 14.5 Å². The van der Waals surface area contributed by atoms with Gasteiger partial charge in [0.05, 0.1) is 7.11 Å². The van der Waals surface area contributed by atoms with E-state index in [1.165, 1.54) is 18.5 Å². The summed E-state index contributed by atoms with van der Waals surface area (Å²) in [4.78, 5) is 27.9. The number of carbonyl (C=O) groups excluding carboxylic acids is 1. The second-order valence-electron chi connectivity index (χ2n) is 6.92. The van der Waals surface area contributed by atoms with Crippen molar-refractivity contribution in [3.05, 3.63) is 42.1 Å². The molecule has 0 aliphatic carbocycles. The molecule has 1 amide bonds. The summed E-state index contributed by atoms with van der Waals surface area (Å²) in [5.41, 5.74) is 1.97. The molecule has 1 aromatic heterocycles. The zero-order valence-electron chi connectivity index (χ0n) is 15.7. The van der Waals surface area contributed by atoms with Crippen LogP contribution in [0.1, 0.15) is 23.2 Å². The third-order valence-electron chi connectivity index (χ3n) is 5.26. The Hall–Kier alpha value is -2.83. The summed E-state index contributed by atoms with van der Waals surface area (Å²) in [5.74, 6) is 1.29. The summed E-state index contributed by atoms with van der Waals surface area (Å²) >= 11 is 0. The third-order valence-corrected chi connectivity index (χ3v) is 5.26. The van der Waals surface area contributed by atoms with Crippen LogP contribution >= 0.6 is 0 Å². The van der Waals surface area contributed by atoms with Gasteiger partial charge in [0.25, 0.3) is 5.91 Å². The monoisotopic (exact) mass is 367 g/mol. The lowest BCUT2D eigenvalue weighted by atomic mass is 10.1. The third kappa shape index (κ3) is 3.82. The van der Waals surface area contributed by atoms with Crippen molar-refractivity contribution >= 4 is 17.5 Å². The topological polar surface area (TPSA) is 61.8 Å². The van der Waals surface area contributed by atoms with Crippen LogP contribution in [0.3, 0.4) is 0 Å². The zero-order valence-corrected chi connectivity index (χ0v) is 15.7. The Balaban J connectivity index is 1.36. The molecular formula is C20H25N5O2. The molecule has 0 N–H and O–H groups in total. The molecule has 0 radical (unpaired) electrons. The average Bonchev–Trinajstić information content (AvgIpc) is 3.28. The summed E-state index contributed by atoms with van der Waals surface area (Å²) in [6.45, 7) is 4.97. The first-order valence-electron chi connectivity index (χ1n) is 9.51. The SMILES string of the molecule is COc1ccnc(N2CCN(C(=O)c3ccc(N4CCCC4)cc3)CC2)n1. The second kappa shape index (κ2) is 7.82. The highest BCUT2D eigenvalue weighted by Crippen LogP contribution is 2.21. The molecule has 2 aliphatic rings. The van der Waals surface area contributed by atoms with Gasteiger partial charge in [-0.2, -0.15) is 4.98 Å². The highest BCUT2D eigenvalue weighted by molar-refractivity contribution is 5.94. The van der Waals surface area contributed by atoms with Crippen molar-refractivity contribution < 1.29 is 9.53 Å². The predicted molar refractivity (Wildman–Crippen MR) is 105 cm³/mol. The minimum absolute atomic E-state index is 0.0918. The molecule has 27 heavy (non-hydrogen) atoms. The maximum atomic E-state index is 12.8. The van der Waals surface area contributed by atoms with E-state index >= 15 is 0 Å². The van der Waals surface area contributed by atoms with Crippen LogP contribution in [0.4, 0.5) is 11.6 Å². The lowest BCUT2D eigenvalue weighted by Crippen LogP contribution is -2.49. The van der Waals surface area contributed by atoms with Gasteiger partial charge in [-0.1, -0.05) is 0 Å². The molecule has 0 spiro atoms. The Morgan fingerprint density at radius 1 is 0.926 bits per heavy atom. The quantitative estimate of drug-likeness (QED) is 0.824. The number of carbonyl (C=O) groups is 1. The standard InChI is InChI=1S/C20H25N5O2/c1-27-18-8-9-21-20(22-18)25-14-12-24(13-15-25)19(26)16-4-6-17(7-5-16)23-10-2-3-11-23/h4-9H,2-3,10-15H2,1H3. The number of nitrogens with zero attached hydrogens (tertiary/aromatic N) is 5. The van der Waals surface area contributed by atoms with Gasteiger partial charge < -0.3 is 19.4 Å². The summed E-state index contributed by atoms with van der Waals surface area (Å²) in [6, 6.07) is 9.77. The maximum absolute atomic E-state index is 12.8. The number of hydrogen-bond donors (Lipinski definition) is 0. The Morgan fingerprint density at radius 2 is 1.63 bits per heavy atom. The van der Waals surface area contributed by atoms with Gasteiger partial charge in [0, 0.05) is 62.8 Å². The molecule has 0 unspecified atom stereocenters. The van der Waals surface area contributed by atoms with E-state index in [-0.39, 0.29) is 5.91 Å². The zero-order chi connectivity index (χ0) is 18.6. The number of hydrogen-bond acceptors (Lipinski definition) is 6. The van der Waals surface area contributed by atoms with E-state index in [4.69, 9.17) is 4.74 Å². The number of ether oxygens (including phenoxy) is 1. The normalized spacial score (nSPS) is 17.3. The van der Waals surface area contributed by atoms with Gasteiger partial charge in [-0.05, 0) is 37.1 Å². The van der Waals surface area contributed by atoms with Crippen LogP contribution in [-0.2, 0) is 0 Å². The van der Waals surface area contributed by atoms with Gasteiger partial charge in [-0.15, -0.1) is 0 Å². The minimum Gasteiger partial charge on any atom is -0.481 e. The van der Waals surface area contributed by atoms with Crippen LogP contribution in [0.25, 0.3) is 0 Å². The molecule has 7 nitrogen and oxygen atoms in total. The summed E-state index contributed by atoms with van der Waals surface area (Å²) in [6.07, 6.45) is 4.20. The van der Waals surface area contributed by atoms with E-state index in [0.29, 0.717) is 38.0 Å². The van der Waals surface area contributed by atoms with Crippen molar-refractivity contribution in [3.63, 3.8) is 0 Å². The molecule has 2 saturated heterocycles. The molecule has 0 atom stereocenters. The molecule has 0 saturated carbocycles. The Bertz CT molecular complexity index is 781. The Morgan fingerprint density at radius 3 is 2.30 bits per heavy atom. The van der Waals surface area contributed by atoms with E-state index in [2.05, 4.69) is 31.9 Å². The molecule has 3 heterocycles. The molecule has 142 valence electrons. The van der Waals surface area contributed by atoms with Gasteiger partial charge in [0.1, 0.15) is 0 Å². The van der Waals surface area contributed by atoms with E-state index < -0.39 is 0 Å². The molecule has 4 rings (SSSR count). The van der Waals surface area contributed by atoms with Crippen molar-refractivity contribution in [1.82, 2.24) is 14.9 Å². The second-order valence-corrected chi connectivity index (χ2v) is 6.92. The van der Waals surface area contributed by atoms with Gasteiger partial charge in [-0.3, -0.25) is 4.79 Å². The van der Waals surface area contributed by atoms with Crippen LogP contribution in [0.2, 0.25) is 0 Å². The van der Waals surface area contributed by atoms with Crippen LogP contribution in [0, 0.1) is 0 Å². The van der Waals surface area contributed by atoms with Gasteiger partial charge >= 0.3 is 0 Å². The largest absolute Gasteiger partial charge is 0.481 e. The lowest BCUT2D eigenvalue weighted by molar-refractivity contribution is 0.0746. The first-order chi connectivity index (χ1) is 13.2. The number of methoxy groups -OCH3 is 1. The van der Waals surface area contributed by atoms with Crippen LogP contribution in [-0.4, -0.2) is 67.2 Å². The van der Waals surface area contributed by atoms with E-state index in [1.807, 2.05) is 17.0 Å². The first kappa shape index (κ1) is 17.6. The Labute approximate surface area is 159 Å². The van der Waals surface area contributed by atoms with Gasteiger partial charge in [0.15, 0.2) is 0 Å². The smallest absolute Gasteiger partial charge is 0.253 e. The first-order valence-corrected chi connectivity index (χ1v) is 9.51.